The van der Waals surface area contributed by atoms with Crippen LogP contribution in [0.4, 0.5) is 0 Å². The number of furan rings is 1. The Balaban J connectivity index is 0.00000338. The molecule has 1 saturated heterocycles. The number of nitrogens with zero attached hydrogens (tertiary/aromatic N) is 2. The molecule has 0 bridgehead atoms. The van der Waals surface area contributed by atoms with E-state index in [1.54, 1.807) is 13.3 Å². The van der Waals surface area contributed by atoms with Gasteiger partial charge >= 0.3 is 0 Å². The van der Waals surface area contributed by atoms with Gasteiger partial charge in [-0.3, -0.25) is 14.7 Å². The number of halogens is 1. The molecule has 1 fully saturated rings. The van der Waals surface area contributed by atoms with Crippen LogP contribution in [0.1, 0.15) is 31.9 Å². The predicted molar refractivity (Wildman–Crippen MR) is 115 cm³/mol. The highest BCUT2D eigenvalue weighted by Crippen LogP contribution is 2.10. The Labute approximate surface area is 173 Å². The molecule has 1 amide bonds. The number of hydrogen-bond acceptors (Lipinski definition) is 4. The van der Waals surface area contributed by atoms with Crippen LogP contribution in [0.3, 0.4) is 0 Å². The van der Waals surface area contributed by atoms with Crippen LogP contribution in [0.15, 0.2) is 27.8 Å². The largest absolute Gasteiger partial charge is 0.469 e. The molecular formula is C18H32IN5O2. The van der Waals surface area contributed by atoms with E-state index in [1.165, 1.54) is 0 Å². The quantitative estimate of drug-likeness (QED) is 0.301. The third kappa shape index (κ3) is 8.39. The Morgan fingerprint density at radius 1 is 1.38 bits per heavy atom. The van der Waals surface area contributed by atoms with Gasteiger partial charge in [-0.25, -0.2) is 0 Å². The Morgan fingerprint density at radius 2 is 2.15 bits per heavy atom. The number of nitrogens with one attached hydrogen (secondary N) is 3. The molecule has 148 valence electrons. The molecule has 1 aliphatic heterocycles. The van der Waals surface area contributed by atoms with E-state index < -0.39 is 0 Å². The van der Waals surface area contributed by atoms with Crippen molar-refractivity contribution in [2.24, 2.45) is 4.99 Å². The molecule has 1 aromatic rings. The lowest BCUT2D eigenvalue weighted by Gasteiger charge is -2.32. The standard InChI is InChI=1S/C18H31N5O2.HI/c1-3-9-20-18(21-10-6-16-5-4-13-25-16)22-15-7-11-23(12-8-15)14-17(24)19-2;/h4-5,13,15H,3,6-12,14H2,1-2H3,(H,19,24)(H2,20,21,22);1H. The number of guanidine groups is 1. The van der Waals surface area contributed by atoms with E-state index in [4.69, 9.17) is 4.42 Å². The second-order valence-electron chi connectivity index (χ2n) is 6.35. The molecule has 1 aliphatic rings. The summed E-state index contributed by atoms with van der Waals surface area (Å²) in [6, 6.07) is 4.29. The molecule has 7 nitrogen and oxygen atoms in total. The molecule has 0 saturated carbocycles. The lowest BCUT2D eigenvalue weighted by Crippen LogP contribution is -2.50. The van der Waals surface area contributed by atoms with Gasteiger partial charge < -0.3 is 20.4 Å². The van der Waals surface area contributed by atoms with Crippen molar-refractivity contribution in [3.63, 3.8) is 0 Å². The highest BCUT2D eigenvalue weighted by molar-refractivity contribution is 14.0. The second kappa shape index (κ2) is 13.0. The summed E-state index contributed by atoms with van der Waals surface area (Å²) in [6.07, 6.45) is 5.59. The fourth-order valence-electron chi connectivity index (χ4n) is 2.85. The van der Waals surface area contributed by atoms with Crippen molar-refractivity contribution in [2.45, 2.75) is 38.6 Å². The van der Waals surface area contributed by atoms with Gasteiger partial charge in [0.25, 0.3) is 0 Å². The number of aliphatic imine (C=N–C) groups is 1. The maximum absolute atomic E-state index is 11.5. The number of carbonyl (C=O) groups is 1. The average Bonchev–Trinajstić information content (AvgIpc) is 3.14. The summed E-state index contributed by atoms with van der Waals surface area (Å²) in [5.74, 6) is 1.93. The maximum Gasteiger partial charge on any atom is 0.233 e. The normalized spacial score (nSPS) is 16.0. The maximum atomic E-state index is 11.5. The van der Waals surface area contributed by atoms with Gasteiger partial charge in [0.1, 0.15) is 5.76 Å². The van der Waals surface area contributed by atoms with E-state index in [0.717, 1.165) is 63.6 Å². The van der Waals surface area contributed by atoms with Gasteiger partial charge in [0.2, 0.25) is 5.91 Å². The summed E-state index contributed by atoms with van der Waals surface area (Å²) in [5, 5.41) is 9.61. The molecule has 3 N–H and O–H groups in total. The zero-order valence-electron chi connectivity index (χ0n) is 15.8. The van der Waals surface area contributed by atoms with Crippen LogP contribution in [-0.2, 0) is 11.2 Å². The molecule has 0 aromatic carbocycles. The third-order valence-electron chi connectivity index (χ3n) is 4.31. The first-order valence-electron chi connectivity index (χ1n) is 9.21. The van der Waals surface area contributed by atoms with Crippen molar-refractivity contribution in [1.82, 2.24) is 20.9 Å². The van der Waals surface area contributed by atoms with Gasteiger partial charge in [-0.2, -0.15) is 0 Å². The number of carbonyl (C=O) groups excluding carboxylic acids is 1. The monoisotopic (exact) mass is 477 g/mol. The van der Waals surface area contributed by atoms with Crippen molar-refractivity contribution >= 4 is 35.8 Å². The number of piperidine rings is 1. The zero-order chi connectivity index (χ0) is 17.9. The molecule has 2 heterocycles. The Bertz CT molecular complexity index is 528. The minimum atomic E-state index is 0. The molecule has 0 spiro atoms. The summed E-state index contributed by atoms with van der Waals surface area (Å²) < 4.78 is 5.36. The molecule has 8 heteroatoms. The topological polar surface area (TPSA) is 81.9 Å². The minimum Gasteiger partial charge on any atom is -0.469 e. The van der Waals surface area contributed by atoms with Crippen molar-refractivity contribution in [3.05, 3.63) is 24.2 Å². The molecule has 1 aromatic heterocycles. The number of likely N-dealkylation sites (N-methyl/N-ethyl adjacent to an activating group) is 1. The molecule has 0 aliphatic carbocycles. The Hall–Kier alpha value is -1.29. The molecule has 2 rings (SSSR count). The van der Waals surface area contributed by atoms with Gasteiger partial charge in [0.05, 0.1) is 12.8 Å². The number of amides is 1. The summed E-state index contributed by atoms with van der Waals surface area (Å²) in [6.45, 7) is 6.07. The van der Waals surface area contributed by atoms with Crippen LogP contribution in [0, 0.1) is 0 Å². The molecule has 0 atom stereocenters. The summed E-state index contributed by atoms with van der Waals surface area (Å²) >= 11 is 0. The van der Waals surface area contributed by atoms with E-state index in [2.05, 4.69) is 32.8 Å². The first-order chi connectivity index (χ1) is 12.2. The van der Waals surface area contributed by atoms with Crippen molar-refractivity contribution in [2.75, 3.05) is 39.8 Å². The highest BCUT2D eigenvalue weighted by atomic mass is 127. The fourth-order valence-corrected chi connectivity index (χ4v) is 2.85. The van der Waals surface area contributed by atoms with Gasteiger partial charge in [-0.05, 0) is 31.4 Å². The van der Waals surface area contributed by atoms with Gasteiger partial charge in [0.15, 0.2) is 5.96 Å². The SMILES string of the molecule is CCCN=C(NCCc1ccco1)NC1CCN(CC(=O)NC)CC1.I. The van der Waals surface area contributed by atoms with Crippen LogP contribution >= 0.6 is 24.0 Å². The van der Waals surface area contributed by atoms with Crippen LogP contribution in [-0.4, -0.2) is 62.6 Å². The van der Waals surface area contributed by atoms with Crippen molar-refractivity contribution < 1.29 is 9.21 Å². The smallest absolute Gasteiger partial charge is 0.233 e. The minimum absolute atomic E-state index is 0. The molecular weight excluding hydrogens is 445 g/mol. The summed E-state index contributed by atoms with van der Waals surface area (Å²) in [7, 11) is 1.68. The van der Waals surface area contributed by atoms with Crippen molar-refractivity contribution in [1.29, 1.82) is 0 Å². The van der Waals surface area contributed by atoms with E-state index in [9.17, 15) is 4.79 Å². The predicted octanol–water partition coefficient (Wildman–Crippen LogP) is 1.60. The number of likely N-dealkylation sites (tertiary alicyclic amines) is 1. The number of rotatable bonds is 8. The third-order valence-corrected chi connectivity index (χ3v) is 4.31. The average molecular weight is 477 g/mol. The molecule has 0 radical (unpaired) electrons. The van der Waals surface area contributed by atoms with Gasteiger partial charge in [0, 0.05) is 45.7 Å². The Kier molecular flexibility index (Phi) is 11.3. The lowest BCUT2D eigenvalue weighted by molar-refractivity contribution is -0.122. The summed E-state index contributed by atoms with van der Waals surface area (Å²) in [4.78, 5) is 18.3. The zero-order valence-corrected chi connectivity index (χ0v) is 18.1. The number of hydrogen-bond donors (Lipinski definition) is 3. The molecule has 26 heavy (non-hydrogen) atoms. The first-order valence-corrected chi connectivity index (χ1v) is 9.21. The molecule has 0 unspecified atom stereocenters. The van der Waals surface area contributed by atoms with Crippen molar-refractivity contribution in [3.8, 4) is 0 Å². The van der Waals surface area contributed by atoms with E-state index in [0.29, 0.717) is 12.6 Å². The highest BCUT2D eigenvalue weighted by Gasteiger charge is 2.21. The fraction of sp³-hybridized carbons (Fsp3) is 0.667. The van der Waals surface area contributed by atoms with E-state index in [1.807, 2.05) is 12.1 Å². The van der Waals surface area contributed by atoms with Crippen LogP contribution < -0.4 is 16.0 Å². The van der Waals surface area contributed by atoms with Crippen LogP contribution in [0.25, 0.3) is 0 Å². The summed E-state index contributed by atoms with van der Waals surface area (Å²) in [5.41, 5.74) is 0. The lowest BCUT2D eigenvalue weighted by atomic mass is 10.1. The van der Waals surface area contributed by atoms with Crippen LogP contribution in [0.2, 0.25) is 0 Å². The van der Waals surface area contributed by atoms with Gasteiger partial charge in [-0.1, -0.05) is 6.92 Å². The van der Waals surface area contributed by atoms with E-state index in [-0.39, 0.29) is 29.9 Å². The Morgan fingerprint density at radius 3 is 2.77 bits per heavy atom. The van der Waals surface area contributed by atoms with Gasteiger partial charge in [-0.15, -0.1) is 24.0 Å². The van der Waals surface area contributed by atoms with Crippen LogP contribution in [0.5, 0.6) is 0 Å². The second-order valence-corrected chi connectivity index (χ2v) is 6.35. The van der Waals surface area contributed by atoms with E-state index >= 15 is 0 Å². The first kappa shape index (κ1) is 22.8.